The Labute approximate surface area is 120 Å². The van der Waals surface area contributed by atoms with Gasteiger partial charge in [-0.25, -0.2) is 9.78 Å². The summed E-state index contributed by atoms with van der Waals surface area (Å²) in [5.74, 6) is -2.76. The van der Waals surface area contributed by atoms with Crippen molar-refractivity contribution in [2.24, 2.45) is 5.73 Å². The van der Waals surface area contributed by atoms with Crippen molar-refractivity contribution >= 4 is 5.97 Å². The summed E-state index contributed by atoms with van der Waals surface area (Å²) in [6, 6.07) is 0.0262. The zero-order valence-corrected chi connectivity index (χ0v) is 11.0. The van der Waals surface area contributed by atoms with E-state index in [1.807, 2.05) is 0 Å². The highest BCUT2D eigenvalue weighted by atomic mass is 19.4. The van der Waals surface area contributed by atoms with Gasteiger partial charge in [-0.1, -0.05) is 0 Å². The number of ether oxygens (including phenoxy) is 2. The molecule has 0 amide bonds. The molecule has 0 unspecified atom stereocenters. The van der Waals surface area contributed by atoms with Crippen molar-refractivity contribution in [1.29, 1.82) is 0 Å². The van der Waals surface area contributed by atoms with Crippen LogP contribution in [0.25, 0.3) is 0 Å². The number of esters is 1. The molecule has 0 saturated carbocycles. The molecule has 2 N–H and O–H groups in total. The van der Waals surface area contributed by atoms with Gasteiger partial charge in [-0.05, 0) is 6.92 Å². The SMILES string of the molecule is CCOC(=O)c1nc(OC(F)(F)F)cc(C(F)(F)F)c1CN. The fourth-order valence-corrected chi connectivity index (χ4v) is 1.55. The Balaban J connectivity index is 3.51. The van der Waals surface area contributed by atoms with Gasteiger partial charge in [-0.3, -0.25) is 0 Å². The molecule has 1 aromatic heterocycles. The third-order valence-corrected chi connectivity index (χ3v) is 2.30. The van der Waals surface area contributed by atoms with E-state index in [9.17, 15) is 31.1 Å². The lowest BCUT2D eigenvalue weighted by Gasteiger charge is -2.17. The highest BCUT2D eigenvalue weighted by molar-refractivity contribution is 5.89. The number of nitrogens with two attached hydrogens (primary N) is 1. The monoisotopic (exact) mass is 332 g/mol. The first kappa shape index (κ1) is 18.0. The van der Waals surface area contributed by atoms with Crippen LogP contribution in [0, 0.1) is 0 Å². The van der Waals surface area contributed by atoms with E-state index in [1.54, 1.807) is 0 Å². The number of halogens is 6. The summed E-state index contributed by atoms with van der Waals surface area (Å²) in [5.41, 5.74) is 1.85. The van der Waals surface area contributed by atoms with Gasteiger partial charge in [0.05, 0.1) is 12.2 Å². The number of aromatic nitrogens is 1. The first-order chi connectivity index (χ1) is 9.99. The van der Waals surface area contributed by atoms with E-state index in [1.165, 1.54) is 6.92 Å². The first-order valence-electron chi connectivity index (χ1n) is 5.73. The van der Waals surface area contributed by atoms with E-state index < -0.39 is 47.8 Å². The zero-order valence-electron chi connectivity index (χ0n) is 11.0. The van der Waals surface area contributed by atoms with Crippen LogP contribution in [-0.2, 0) is 17.5 Å². The average Bonchev–Trinajstić information content (AvgIpc) is 2.35. The molecular weight excluding hydrogens is 322 g/mol. The van der Waals surface area contributed by atoms with Gasteiger partial charge in [0.25, 0.3) is 0 Å². The molecule has 0 atom stereocenters. The van der Waals surface area contributed by atoms with Gasteiger partial charge in [0, 0.05) is 18.2 Å². The van der Waals surface area contributed by atoms with Crippen LogP contribution < -0.4 is 10.5 Å². The van der Waals surface area contributed by atoms with Crippen molar-refractivity contribution in [3.8, 4) is 5.88 Å². The third kappa shape index (κ3) is 4.48. The Morgan fingerprint density at radius 3 is 2.27 bits per heavy atom. The molecule has 0 aliphatic rings. The first-order valence-corrected chi connectivity index (χ1v) is 5.73. The predicted octanol–water partition coefficient (Wildman–Crippen LogP) is 2.63. The van der Waals surface area contributed by atoms with Crippen molar-refractivity contribution in [2.45, 2.75) is 26.0 Å². The Morgan fingerprint density at radius 1 is 1.27 bits per heavy atom. The highest BCUT2D eigenvalue weighted by Gasteiger charge is 2.39. The lowest BCUT2D eigenvalue weighted by Crippen LogP contribution is -2.23. The molecule has 0 spiro atoms. The molecule has 1 aromatic rings. The maximum Gasteiger partial charge on any atom is 0.574 e. The molecule has 5 nitrogen and oxygen atoms in total. The van der Waals surface area contributed by atoms with E-state index in [0.717, 1.165) is 0 Å². The minimum Gasteiger partial charge on any atom is -0.461 e. The fraction of sp³-hybridized carbons (Fsp3) is 0.455. The minimum atomic E-state index is -5.27. The molecule has 0 bridgehead atoms. The summed E-state index contributed by atoms with van der Waals surface area (Å²) in [4.78, 5) is 14.7. The summed E-state index contributed by atoms with van der Waals surface area (Å²) < 4.78 is 83.0. The van der Waals surface area contributed by atoms with Crippen LogP contribution in [0.5, 0.6) is 5.88 Å². The number of nitrogens with zero attached hydrogens (tertiary/aromatic N) is 1. The van der Waals surface area contributed by atoms with E-state index in [4.69, 9.17) is 5.73 Å². The van der Waals surface area contributed by atoms with Gasteiger partial charge >= 0.3 is 18.5 Å². The van der Waals surface area contributed by atoms with E-state index in [2.05, 4.69) is 14.5 Å². The number of carbonyl (C=O) groups is 1. The predicted molar refractivity (Wildman–Crippen MR) is 59.8 cm³/mol. The standard InChI is InChI=1S/C11H10F6N2O3/c1-2-21-9(20)8-5(4-18)6(10(12,13)14)3-7(19-8)22-11(15,16)17/h3H,2,4,18H2,1H3. The molecule has 1 rings (SSSR count). The number of pyridine rings is 1. The van der Waals surface area contributed by atoms with Gasteiger partial charge in [-0.15, -0.1) is 13.2 Å². The van der Waals surface area contributed by atoms with Gasteiger partial charge in [0.15, 0.2) is 5.69 Å². The van der Waals surface area contributed by atoms with Gasteiger partial charge in [0.1, 0.15) is 0 Å². The smallest absolute Gasteiger partial charge is 0.461 e. The quantitative estimate of drug-likeness (QED) is 0.678. The number of rotatable bonds is 4. The normalized spacial score (nSPS) is 12.2. The highest BCUT2D eigenvalue weighted by Crippen LogP contribution is 2.36. The number of carbonyl (C=O) groups excluding carboxylic acids is 1. The molecular formula is C11H10F6N2O3. The van der Waals surface area contributed by atoms with Crippen molar-refractivity contribution in [3.05, 3.63) is 22.9 Å². The van der Waals surface area contributed by atoms with Gasteiger partial charge < -0.3 is 15.2 Å². The topological polar surface area (TPSA) is 74.4 Å². The molecule has 0 radical (unpaired) electrons. The number of hydrogen-bond donors (Lipinski definition) is 1. The molecule has 0 aliphatic heterocycles. The summed E-state index contributed by atoms with van der Waals surface area (Å²) in [6.45, 7) is 0.374. The van der Waals surface area contributed by atoms with Crippen LogP contribution >= 0.6 is 0 Å². The second-order valence-electron chi connectivity index (χ2n) is 3.81. The van der Waals surface area contributed by atoms with Crippen LogP contribution in [0.1, 0.15) is 28.5 Å². The van der Waals surface area contributed by atoms with Crippen LogP contribution in [0.4, 0.5) is 26.3 Å². The molecule has 11 heteroatoms. The Morgan fingerprint density at radius 2 is 1.86 bits per heavy atom. The van der Waals surface area contributed by atoms with Crippen molar-refractivity contribution < 1.29 is 40.6 Å². The summed E-state index contributed by atoms with van der Waals surface area (Å²) in [5, 5.41) is 0. The lowest BCUT2D eigenvalue weighted by atomic mass is 10.1. The maximum absolute atomic E-state index is 12.9. The summed E-state index contributed by atoms with van der Waals surface area (Å²) >= 11 is 0. The Hall–Kier alpha value is -2.04. The maximum atomic E-state index is 12.9. The lowest BCUT2D eigenvalue weighted by molar-refractivity contribution is -0.276. The second kappa shape index (κ2) is 6.38. The van der Waals surface area contributed by atoms with Crippen LogP contribution in [0.15, 0.2) is 6.07 Å². The van der Waals surface area contributed by atoms with Crippen LogP contribution in [0.2, 0.25) is 0 Å². The molecule has 124 valence electrons. The number of hydrogen-bond acceptors (Lipinski definition) is 5. The second-order valence-corrected chi connectivity index (χ2v) is 3.81. The molecule has 1 heterocycles. The Bertz CT molecular complexity index is 556. The fourth-order valence-electron chi connectivity index (χ4n) is 1.55. The van der Waals surface area contributed by atoms with Crippen molar-refractivity contribution in [2.75, 3.05) is 6.61 Å². The molecule has 0 aliphatic carbocycles. The van der Waals surface area contributed by atoms with Crippen LogP contribution in [0.3, 0.4) is 0 Å². The molecule has 0 aromatic carbocycles. The Kier molecular flexibility index (Phi) is 5.22. The average molecular weight is 332 g/mol. The number of alkyl halides is 6. The van der Waals surface area contributed by atoms with Gasteiger partial charge in [0.2, 0.25) is 5.88 Å². The summed E-state index contributed by atoms with van der Waals surface area (Å²) in [6.07, 6.45) is -10.3. The minimum absolute atomic E-state index is 0.0262. The van der Waals surface area contributed by atoms with Crippen LogP contribution in [-0.4, -0.2) is 23.9 Å². The molecule has 0 saturated heterocycles. The molecule has 22 heavy (non-hydrogen) atoms. The largest absolute Gasteiger partial charge is 0.574 e. The molecule has 0 fully saturated rings. The summed E-state index contributed by atoms with van der Waals surface area (Å²) in [7, 11) is 0. The van der Waals surface area contributed by atoms with Crippen molar-refractivity contribution in [3.63, 3.8) is 0 Å². The van der Waals surface area contributed by atoms with E-state index >= 15 is 0 Å². The van der Waals surface area contributed by atoms with E-state index in [0.29, 0.717) is 0 Å². The van der Waals surface area contributed by atoms with E-state index in [-0.39, 0.29) is 12.7 Å². The third-order valence-electron chi connectivity index (χ3n) is 2.30. The zero-order chi connectivity index (χ0) is 17.1. The van der Waals surface area contributed by atoms with Crippen molar-refractivity contribution in [1.82, 2.24) is 4.98 Å². The van der Waals surface area contributed by atoms with Gasteiger partial charge in [-0.2, -0.15) is 13.2 Å².